The van der Waals surface area contributed by atoms with Crippen LogP contribution < -0.4 is 0 Å². The molecular formula is C20H21ClN2O3. The lowest BCUT2D eigenvalue weighted by Crippen LogP contribution is -2.08. The van der Waals surface area contributed by atoms with Gasteiger partial charge in [-0.3, -0.25) is 0 Å². The fourth-order valence-electron chi connectivity index (χ4n) is 2.65. The number of rotatable bonds is 7. The molecule has 0 fully saturated rings. The zero-order chi connectivity index (χ0) is 19.1. The van der Waals surface area contributed by atoms with Crippen molar-refractivity contribution in [3.8, 4) is 6.07 Å². The van der Waals surface area contributed by atoms with E-state index in [1.165, 1.54) is 0 Å². The minimum atomic E-state index is -0.658. The predicted molar refractivity (Wildman–Crippen MR) is 101 cm³/mol. The summed E-state index contributed by atoms with van der Waals surface area (Å²) in [6.07, 6.45) is 1.56. The first-order valence-electron chi connectivity index (χ1n) is 8.15. The lowest BCUT2D eigenvalue weighted by molar-refractivity contribution is -0.139. The second-order valence-electron chi connectivity index (χ2n) is 5.85. The zero-order valence-electron chi connectivity index (χ0n) is 15.1. The summed E-state index contributed by atoms with van der Waals surface area (Å²) in [5.41, 5.74) is 3.54. The highest BCUT2D eigenvalue weighted by Crippen LogP contribution is 2.19. The first-order chi connectivity index (χ1) is 12.5. The Morgan fingerprint density at radius 3 is 2.77 bits per heavy atom. The quantitative estimate of drug-likeness (QED) is 0.417. The molecular weight excluding hydrogens is 352 g/mol. The van der Waals surface area contributed by atoms with E-state index in [1.54, 1.807) is 37.5 Å². The highest BCUT2D eigenvalue weighted by Gasteiger charge is 2.14. The molecule has 0 radical (unpaired) electrons. The van der Waals surface area contributed by atoms with Gasteiger partial charge in [-0.2, -0.15) is 5.26 Å². The number of benzene rings is 1. The third-order valence-electron chi connectivity index (χ3n) is 4.03. The van der Waals surface area contributed by atoms with E-state index in [1.807, 2.05) is 26.0 Å². The Morgan fingerprint density at radius 1 is 1.35 bits per heavy atom. The van der Waals surface area contributed by atoms with Crippen LogP contribution in [0.15, 0.2) is 35.9 Å². The van der Waals surface area contributed by atoms with Crippen LogP contribution in [0.4, 0.5) is 0 Å². The summed E-state index contributed by atoms with van der Waals surface area (Å²) in [4.78, 5) is 12.2. The van der Waals surface area contributed by atoms with Gasteiger partial charge in [0.05, 0.1) is 6.61 Å². The van der Waals surface area contributed by atoms with Gasteiger partial charge >= 0.3 is 5.97 Å². The molecule has 0 aliphatic rings. The molecule has 0 aliphatic carbocycles. The normalized spacial score (nSPS) is 11.3. The first kappa shape index (κ1) is 19.8. The Balaban J connectivity index is 2.14. The largest absolute Gasteiger partial charge is 0.457 e. The standard InChI is InChI=1S/C20H21ClN2O3/c1-14-9-17(15(2)23(14)7-8-25-3)11-18(12-22)20(24)26-13-16-5-4-6-19(21)10-16/h4-6,9-11H,7-8,13H2,1-3H3/b18-11+. The van der Waals surface area contributed by atoms with E-state index >= 15 is 0 Å². The van der Waals surface area contributed by atoms with Crippen LogP contribution in [-0.2, 0) is 27.4 Å². The summed E-state index contributed by atoms with van der Waals surface area (Å²) in [5, 5.41) is 9.91. The fourth-order valence-corrected chi connectivity index (χ4v) is 2.86. The Labute approximate surface area is 158 Å². The molecule has 5 nitrogen and oxygen atoms in total. The lowest BCUT2D eigenvalue weighted by Gasteiger charge is -2.08. The Bertz CT molecular complexity index is 862. The molecule has 1 heterocycles. The molecule has 0 atom stereocenters. The van der Waals surface area contributed by atoms with E-state index in [2.05, 4.69) is 4.57 Å². The molecule has 0 amide bonds. The lowest BCUT2D eigenvalue weighted by atomic mass is 10.1. The van der Waals surface area contributed by atoms with Crippen LogP contribution in [-0.4, -0.2) is 24.3 Å². The molecule has 0 aliphatic heterocycles. The molecule has 2 aromatic rings. The third-order valence-corrected chi connectivity index (χ3v) is 4.27. The number of aromatic nitrogens is 1. The van der Waals surface area contributed by atoms with Crippen molar-refractivity contribution in [3.05, 3.63) is 63.4 Å². The van der Waals surface area contributed by atoms with Crippen molar-refractivity contribution in [1.82, 2.24) is 4.57 Å². The molecule has 1 aromatic heterocycles. The van der Waals surface area contributed by atoms with E-state index in [0.29, 0.717) is 18.2 Å². The van der Waals surface area contributed by atoms with E-state index in [4.69, 9.17) is 21.1 Å². The van der Waals surface area contributed by atoms with E-state index in [-0.39, 0.29) is 12.2 Å². The average molecular weight is 373 g/mol. The van der Waals surface area contributed by atoms with E-state index in [9.17, 15) is 10.1 Å². The number of hydrogen-bond acceptors (Lipinski definition) is 4. The van der Waals surface area contributed by atoms with Crippen molar-refractivity contribution in [3.63, 3.8) is 0 Å². The number of carbonyl (C=O) groups excluding carboxylic acids is 1. The van der Waals surface area contributed by atoms with E-state index < -0.39 is 5.97 Å². The van der Waals surface area contributed by atoms with Crippen LogP contribution in [0.1, 0.15) is 22.5 Å². The summed E-state index contributed by atoms with van der Waals surface area (Å²) in [6, 6.07) is 10.9. The molecule has 0 N–H and O–H groups in total. The molecule has 1 aromatic carbocycles. The Hall–Kier alpha value is -2.55. The van der Waals surface area contributed by atoms with Gasteiger partial charge in [-0.1, -0.05) is 23.7 Å². The summed E-state index contributed by atoms with van der Waals surface area (Å²) in [7, 11) is 1.65. The molecule has 0 saturated carbocycles. The number of halogens is 1. The van der Waals surface area contributed by atoms with Gasteiger partial charge in [-0.25, -0.2) is 4.79 Å². The minimum absolute atomic E-state index is 0.0426. The number of methoxy groups -OCH3 is 1. The van der Waals surface area contributed by atoms with Crippen molar-refractivity contribution in [2.45, 2.75) is 27.0 Å². The van der Waals surface area contributed by atoms with Gasteiger partial charge in [-0.15, -0.1) is 0 Å². The van der Waals surface area contributed by atoms with Crippen LogP contribution in [0.2, 0.25) is 5.02 Å². The van der Waals surface area contributed by atoms with Gasteiger partial charge in [0.25, 0.3) is 0 Å². The van der Waals surface area contributed by atoms with Gasteiger partial charge in [0.1, 0.15) is 18.2 Å². The maximum atomic E-state index is 12.2. The van der Waals surface area contributed by atoms with E-state index in [0.717, 1.165) is 22.5 Å². The third kappa shape index (κ3) is 4.98. The predicted octanol–water partition coefficient (Wildman–Crippen LogP) is 4.06. The second kappa shape index (κ2) is 9.23. The number of ether oxygens (including phenoxy) is 2. The smallest absolute Gasteiger partial charge is 0.349 e. The van der Waals surface area contributed by atoms with Crippen LogP contribution >= 0.6 is 11.6 Å². The Morgan fingerprint density at radius 2 is 2.12 bits per heavy atom. The van der Waals surface area contributed by atoms with Crippen LogP contribution in [0.25, 0.3) is 6.08 Å². The number of hydrogen-bond donors (Lipinski definition) is 0. The van der Waals surface area contributed by atoms with Crippen molar-refractivity contribution in [1.29, 1.82) is 5.26 Å². The molecule has 2 rings (SSSR count). The highest BCUT2D eigenvalue weighted by molar-refractivity contribution is 6.30. The average Bonchev–Trinajstić information content (AvgIpc) is 2.89. The van der Waals surface area contributed by atoms with Crippen molar-refractivity contribution < 1.29 is 14.3 Å². The molecule has 0 bridgehead atoms. The maximum Gasteiger partial charge on any atom is 0.349 e. The van der Waals surface area contributed by atoms with Crippen LogP contribution in [0.5, 0.6) is 0 Å². The number of esters is 1. The zero-order valence-corrected chi connectivity index (χ0v) is 15.8. The van der Waals surface area contributed by atoms with Crippen molar-refractivity contribution >= 4 is 23.6 Å². The summed E-state index contributed by atoms with van der Waals surface area (Å²) < 4.78 is 12.4. The van der Waals surface area contributed by atoms with Gasteiger partial charge in [0, 0.05) is 30.1 Å². The van der Waals surface area contributed by atoms with Gasteiger partial charge in [0.15, 0.2) is 0 Å². The minimum Gasteiger partial charge on any atom is -0.457 e. The van der Waals surface area contributed by atoms with Gasteiger partial charge in [0.2, 0.25) is 0 Å². The van der Waals surface area contributed by atoms with Crippen LogP contribution in [0.3, 0.4) is 0 Å². The van der Waals surface area contributed by atoms with Gasteiger partial charge < -0.3 is 14.0 Å². The number of carbonyl (C=O) groups is 1. The first-order valence-corrected chi connectivity index (χ1v) is 8.53. The summed E-state index contributed by atoms with van der Waals surface area (Å²) >= 11 is 5.91. The number of aryl methyl sites for hydroxylation is 1. The SMILES string of the molecule is COCCn1c(C)cc(/C=C(\C#N)C(=O)OCc2cccc(Cl)c2)c1C. The monoisotopic (exact) mass is 372 g/mol. The summed E-state index contributed by atoms with van der Waals surface area (Å²) in [6.45, 7) is 5.28. The number of nitriles is 1. The van der Waals surface area contributed by atoms with Crippen molar-refractivity contribution in [2.75, 3.05) is 13.7 Å². The van der Waals surface area contributed by atoms with Crippen LogP contribution in [0, 0.1) is 25.2 Å². The fraction of sp³-hybridized carbons (Fsp3) is 0.300. The number of nitrogens with zero attached hydrogens (tertiary/aromatic N) is 2. The van der Waals surface area contributed by atoms with Gasteiger partial charge in [-0.05, 0) is 49.2 Å². The molecule has 0 unspecified atom stereocenters. The van der Waals surface area contributed by atoms with Crippen molar-refractivity contribution in [2.24, 2.45) is 0 Å². The molecule has 6 heteroatoms. The molecule has 0 saturated heterocycles. The topological polar surface area (TPSA) is 64.2 Å². The molecule has 26 heavy (non-hydrogen) atoms. The highest BCUT2D eigenvalue weighted by atomic mass is 35.5. The molecule has 136 valence electrons. The second-order valence-corrected chi connectivity index (χ2v) is 6.28. The molecule has 0 spiro atoms. The summed E-state index contributed by atoms with van der Waals surface area (Å²) in [5.74, 6) is -0.658. The Kier molecular flexibility index (Phi) is 7.02. The maximum absolute atomic E-state index is 12.2.